The van der Waals surface area contributed by atoms with E-state index in [1.807, 2.05) is 0 Å². The Balaban J connectivity index is 3.32. The summed E-state index contributed by atoms with van der Waals surface area (Å²) in [5.41, 5.74) is 4.02. The van der Waals surface area contributed by atoms with E-state index in [-0.39, 0.29) is 0 Å². The van der Waals surface area contributed by atoms with E-state index in [4.69, 9.17) is 0 Å². The summed E-state index contributed by atoms with van der Waals surface area (Å²) in [6.45, 7) is 8.91. The van der Waals surface area contributed by atoms with E-state index in [1.54, 1.807) is 0 Å². The fourth-order valence-electron chi connectivity index (χ4n) is 1.63. The summed E-state index contributed by atoms with van der Waals surface area (Å²) in [6.07, 6.45) is 0. The first-order chi connectivity index (χ1) is 6.57. The molecule has 14 heavy (non-hydrogen) atoms. The number of hydrogen-bond acceptors (Lipinski definition) is 1. The average molecular weight is 356 g/mol. The molecule has 0 amide bonds. The van der Waals surface area contributed by atoms with Crippen molar-refractivity contribution in [3.05, 3.63) is 29.3 Å². The zero-order valence-corrected chi connectivity index (χ0v) is 12.5. The van der Waals surface area contributed by atoms with E-state index in [1.165, 1.54) is 16.8 Å². The van der Waals surface area contributed by atoms with Gasteiger partial charge in [0.25, 0.3) is 0 Å². The fourth-order valence-corrected chi connectivity index (χ4v) is 2.46. The van der Waals surface area contributed by atoms with Crippen LogP contribution in [0.2, 0.25) is 0 Å². The van der Waals surface area contributed by atoms with Gasteiger partial charge < -0.3 is 0 Å². The third-order valence-electron chi connectivity index (χ3n) is 2.44. The van der Waals surface area contributed by atoms with E-state index in [2.05, 4.69) is 49.2 Å². The van der Waals surface area contributed by atoms with Gasteiger partial charge in [0, 0.05) is 0 Å². The molecule has 1 aromatic carbocycles. The normalized spacial score (nSPS) is 10.9. The van der Waals surface area contributed by atoms with E-state index in [0.29, 0.717) is 11.8 Å². The Bertz CT molecular complexity index is 303. The Hall–Kier alpha value is -0.240. The predicted octanol–water partition coefficient (Wildman–Crippen LogP) is 4.30. The fraction of sp³-hybridized carbons (Fsp3) is 0.500. The van der Waals surface area contributed by atoms with Gasteiger partial charge >= 0.3 is 98.8 Å². The average Bonchev–Trinajstić information content (AvgIpc) is 2.16. The molecule has 1 nitrogen and oxygen atoms in total. The predicted molar refractivity (Wildman–Crippen MR) is 56.7 cm³/mol. The Morgan fingerprint density at radius 3 is 1.71 bits per heavy atom. The summed E-state index contributed by atoms with van der Waals surface area (Å²) in [5.74, 6) is 1.13. The van der Waals surface area contributed by atoms with Crippen molar-refractivity contribution in [2.24, 2.45) is 3.34 Å². The van der Waals surface area contributed by atoms with Crippen LogP contribution in [-0.4, -0.2) is 0 Å². The molecule has 2 heteroatoms. The van der Waals surface area contributed by atoms with Crippen molar-refractivity contribution in [1.29, 1.82) is 0 Å². The van der Waals surface area contributed by atoms with E-state index in [0.717, 1.165) is 20.9 Å². The van der Waals surface area contributed by atoms with Crippen LogP contribution in [0.4, 0.5) is 5.69 Å². The molecule has 0 atom stereocenters. The topological polar surface area (TPSA) is 12.4 Å². The van der Waals surface area contributed by atoms with Crippen LogP contribution in [0, 0.1) is 0 Å². The summed E-state index contributed by atoms with van der Waals surface area (Å²) < 4.78 is 4.52. The Morgan fingerprint density at radius 1 is 1.00 bits per heavy atom. The number of hydrogen-bond donors (Lipinski definition) is 0. The molecule has 0 saturated carbocycles. The Labute approximate surface area is 98.7 Å². The molecule has 0 aliphatic carbocycles. The van der Waals surface area contributed by atoms with Crippen molar-refractivity contribution >= 4 is 5.69 Å². The molecule has 0 radical (unpaired) electrons. The van der Waals surface area contributed by atoms with Gasteiger partial charge in [-0.1, -0.05) is 0 Å². The van der Waals surface area contributed by atoms with Crippen molar-refractivity contribution in [2.45, 2.75) is 39.5 Å². The van der Waals surface area contributed by atoms with Gasteiger partial charge in [0.1, 0.15) is 0 Å². The summed E-state index contributed by atoms with van der Waals surface area (Å²) in [5, 5.41) is 0. The molecule has 0 aliphatic rings. The zero-order valence-electron chi connectivity index (χ0n) is 9.28. The van der Waals surface area contributed by atoms with Crippen molar-refractivity contribution < 1.29 is 20.9 Å². The summed E-state index contributed by atoms with van der Waals surface area (Å²) >= 11 is 1.09. The van der Waals surface area contributed by atoms with Crippen molar-refractivity contribution in [1.82, 2.24) is 0 Å². The van der Waals surface area contributed by atoms with Crippen LogP contribution >= 0.6 is 0 Å². The second-order valence-electron chi connectivity index (χ2n) is 4.19. The van der Waals surface area contributed by atoms with Gasteiger partial charge in [0.2, 0.25) is 0 Å². The summed E-state index contributed by atoms with van der Waals surface area (Å²) in [4.78, 5) is 0. The van der Waals surface area contributed by atoms with Gasteiger partial charge in [-0.3, -0.25) is 0 Å². The molecule has 75 valence electrons. The Morgan fingerprint density at radius 2 is 1.43 bits per heavy atom. The molecule has 0 saturated heterocycles. The molecular weight excluding hydrogens is 339 g/mol. The van der Waals surface area contributed by atoms with Gasteiger partial charge in [-0.05, 0) is 0 Å². The van der Waals surface area contributed by atoms with Gasteiger partial charge in [-0.25, -0.2) is 0 Å². The minimum atomic E-state index is 0.566. The molecule has 0 heterocycles. The van der Waals surface area contributed by atoms with Gasteiger partial charge in [-0.2, -0.15) is 0 Å². The molecule has 0 N–H and O–H groups in total. The molecule has 1 rings (SSSR count). The van der Waals surface area contributed by atoms with Crippen LogP contribution in [0.3, 0.4) is 0 Å². The zero-order chi connectivity index (χ0) is 10.7. The van der Waals surface area contributed by atoms with Crippen LogP contribution in [0.1, 0.15) is 50.7 Å². The minimum absolute atomic E-state index is 0.566. The first kappa shape index (κ1) is 11.8. The molecular formula is C12H17NTa. The molecule has 0 aromatic heterocycles. The SMILES string of the molecule is CC(C)c1cccc(C(C)C)c1[N]=[Ta]. The molecule has 0 bridgehead atoms. The maximum absolute atomic E-state index is 4.52. The molecule has 0 unspecified atom stereocenters. The molecule has 0 aliphatic heterocycles. The third-order valence-corrected chi connectivity index (χ3v) is 3.16. The molecule has 0 spiro atoms. The van der Waals surface area contributed by atoms with E-state index in [9.17, 15) is 0 Å². The van der Waals surface area contributed by atoms with Crippen molar-refractivity contribution in [3.8, 4) is 0 Å². The van der Waals surface area contributed by atoms with Crippen LogP contribution in [0.5, 0.6) is 0 Å². The maximum atomic E-state index is 4.52. The van der Waals surface area contributed by atoms with Crippen LogP contribution in [-0.2, 0) is 20.9 Å². The van der Waals surface area contributed by atoms with E-state index < -0.39 is 0 Å². The molecule has 1 aromatic rings. The summed E-state index contributed by atoms with van der Waals surface area (Å²) in [6, 6.07) is 6.55. The van der Waals surface area contributed by atoms with Gasteiger partial charge in [0.05, 0.1) is 0 Å². The second kappa shape index (κ2) is 5.01. The monoisotopic (exact) mass is 356 g/mol. The van der Waals surface area contributed by atoms with Gasteiger partial charge in [-0.15, -0.1) is 0 Å². The molecule has 0 fully saturated rings. The van der Waals surface area contributed by atoms with Crippen LogP contribution < -0.4 is 0 Å². The Kier molecular flexibility index (Phi) is 4.24. The number of rotatable bonds is 3. The second-order valence-corrected chi connectivity index (χ2v) is 4.91. The van der Waals surface area contributed by atoms with Crippen molar-refractivity contribution in [2.75, 3.05) is 0 Å². The van der Waals surface area contributed by atoms with E-state index >= 15 is 0 Å². The standard InChI is InChI=1S/C12H17N.Ta/c1-8(2)10-6-5-7-11(9(3)4)12(10)13;/h5-9H,1-4H3;. The quantitative estimate of drug-likeness (QED) is 0.766. The number of benzene rings is 1. The number of nitrogens with zero attached hydrogens (tertiary/aromatic N) is 1. The van der Waals surface area contributed by atoms with Crippen LogP contribution in [0.15, 0.2) is 21.5 Å². The van der Waals surface area contributed by atoms with Gasteiger partial charge in [0.15, 0.2) is 0 Å². The summed E-state index contributed by atoms with van der Waals surface area (Å²) in [7, 11) is 0. The first-order valence-corrected chi connectivity index (χ1v) is 6.49. The van der Waals surface area contributed by atoms with Crippen molar-refractivity contribution in [3.63, 3.8) is 0 Å². The van der Waals surface area contributed by atoms with Crippen LogP contribution in [0.25, 0.3) is 0 Å². The third kappa shape index (κ3) is 2.41. The first-order valence-electron chi connectivity index (χ1n) is 5.05.